The molecule has 6 N–H and O–H groups in total. The summed E-state index contributed by atoms with van der Waals surface area (Å²) < 4.78 is 5.44. The van der Waals surface area contributed by atoms with Crippen LogP contribution in [0.2, 0.25) is 0 Å². The molecular formula is C35H40N4O5. The average Bonchev–Trinajstić information content (AvgIpc) is 3.63. The molecule has 0 spiro atoms. The summed E-state index contributed by atoms with van der Waals surface area (Å²) >= 11 is 0. The fourth-order valence-corrected chi connectivity index (χ4v) is 6.23. The summed E-state index contributed by atoms with van der Waals surface area (Å²) in [6.07, 6.45) is 11.5. The van der Waals surface area contributed by atoms with Gasteiger partial charge in [-0.3, -0.25) is 9.59 Å². The summed E-state index contributed by atoms with van der Waals surface area (Å²) in [5, 5.41) is 22.6. The molecule has 5 rings (SSSR count). The number of ether oxygens (including phenoxy) is 1. The molecule has 0 aromatic carbocycles. The number of methoxy groups -OCH3 is 1. The highest BCUT2D eigenvalue weighted by Gasteiger charge is 2.17. The molecule has 0 radical (unpaired) electrons. The number of aromatic amines is 4. The van der Waals surface area contributed by atoms with Crippen LogP contribution in [0.4, 0.5) is 0 Å². The Morgan fingerprint density at radius 3 is 1.70 bits per heavy atom. The first kappa shape index (κ1) is 30.7. The van der Waals surface area contributed by atoms with E-state index in [9.17, 15) is 19.8 Å². The lowest BCUT2D eigenvalue weighted by Crippen LogP contribution is -2.14. The maximum atomic E-state index is 11.6. The van der Waals surface area contributed by atoms with Gasteiger partial charge in [0.05, 0.1) is 6.61 Å². The minimum absolute atomic E-state index is 0.00591. The van der Waals surface area contributed by atoms with Crippen LogP contribution in [0.25, 0.3) is 30.4 Å². The Morgan fingerprint density at radius 1 is 0.659 bits per heavy atom. The lowest BCUT2D eigenvalue weighted by Gasteiger charge is -2.01. The van der Waals surface area contributed by atoms with Crippen LogP contribution in [-0.4, -0.2) is 55.8 Å². The average molecular weight is 597 g/mol. The van der Waals surface area contributed by atoms with E-state index in [1.54, 1.807) is 7.11 Å². The number of aliphatic carboxylic acids is 2. The number of carboxylic acid groups (broad SMARTS) is 2. The smallest absolute Gasteiger partial charge is 0.303 e. The van der Waals surface area contributed by atoms with E-state index in [1.807, 2.05) is 32.1 Å². The number of rotatable bonds is 10. The topological polar surface area (TPSA) is 147 Å². The van der Waals surface area contributed by atoms with Gasteiger partial charge in [0.25, 0.3) is 0 Å². The third kappa shape index (κ3) is 5.88. The SMILES string of the molecule is C=Cc1c2[nH]c(c1C)C=c1[nH]c(c(C)c1CCOC)=Cc1[nH]c(c(CCC(=O)O)c1C)C=c1[nH]c(c(C)c1CCC(=O)O)=C2. The molecule has 1 aliphatic rings. The van der Waals surface area contributed by atoms with Gasteiger partial charge < -0.3 is 34.9 Å². The summed E-state index contributed by atoms with van der Waals surface area (Å²) in [6, 6.07) is 0. The molecule has 0 unspecified atom stereocenters. The lowest BCUT2D eigenvalue weighted by molar-refractivity contribution is -0.138. The highest BCUT2D eigenvalue weighted by atomic mass is 16.5. The minimum Gasteiger partial charge on any atom is -0.481 e. The molecule has 5 heterocycles. The molecular weight excluding hydrogens is 556 g/mol. The Kier molecular flexibility index (Phi) is 8.69. The highest BCUT2D eigenvalue weighted by molar-refractivity contribution is 5.72. The van der Waals surface area contributed by atoms with Crippen molar-refractivity contribution in [2.24, 2.45) is 0 Å². The number of carbonyl (C=O) groups is 2. The van der Waals surface area contributed by atoms with Gasteiger partial charge in [0.1, 0.15) is 0 Å². The minimum atomic E-state index is -0.866. The van der Waals surface area contributed by atoms with E-state index in [2.05, 4.69) is 52.5 Å². The van der Waals surface area contributed by atoms with Crippen molar-refractivity contribution in [3.63, 3.8) is 0 Å². The molecule has 4 aromatic heterocycles. The van der Waals surface area contributed by atoms with Crippen LogP contribution in [0.3, 0.4) is 0 Å². The monoisotopic (exact) mass is 596 g/mol. The molecule has 1 aliphatic heterocycles. The van der Waals surface area contributed by atoms with Crippen LogP contribution >= 0.6 is 0 Å². The number of nitrogens with one attached hydrogen (secondary N) is 4. The molecule has 4 aromatic rings. The summed E-state index contributed by atoms with van der Waals surface area (Å²) in [5.41, 5.74) is 11.6. The van der Waals surface area contributed by atoms with Crippen molar-refractivity contribution >= 4 is 42.3 Å². The van der Waals surface area contributed by atoms with E-state index >= 15 is 0 Å². The third-order valence-corrected chi connectivity index (χ3v) is 8.81. The molecule has 0 fully saturated rings. The number of hydrogen-bond acceptors (Lipinski definition) is 3. The second-order valence-corrected chi connectivity index (χ2v) is 11.5. The van der Waals surface area contributed by atoms with Crippen molar-refractivity contribution in [1.82, 2.24) is 19.9 Å². The van der Waals surface area contributed by atoms with Crippen molar-refractivity contribution in [2.45, 2.75) is 59.8 Å². The van der Waals surface area contributed by atoms with Crippen LogP contribution in [0.15, 0.2) is 6.58 Å². The first-order valence-corrected chi connectivity index (χ1v) is 14.8. The summed E-state index contributed by atoms with van der Waals surface area (Å²) in [7, 11) is 1.70. The maximum Gasteiger partial charge on any atom is 0.303 e. The van der Waals surface area contributed by atoms with Gasteiger partial charge in [-0.05, 0) is 110 Å². The normalized spacial score (nSPS) is 12.2. The van der Waals surface area contributed by atoms with Gasteiger partial charge in [0, 0.05) is 69.7 Å². The largest absolute Gasteiger partial charge is 0.481 e. The lowest BCUT2D eigenvalue weighted by atomic mass is 10.0. The second-order valence-electron chi connectivity index (χ2n) is 11.5. The zero-order chi connectivity index (χ0) is 31.7. The molecule has 9 heteroatoms. The second kappa shape index (κ2) is 12.5. The first-order chi connectivity index (χ1) is 21.0. The number of hydrogen-bond donors (Lipinski definition) is 6. The Morgan fingerprint density at radius 2 is 1.14 bits per heavy atom. The van der Waals surface area contributed by atoms with E-state index in [1.165, 1.54) is 0 Å². The number of carboxylic acids is 2. The molecule has 0 saturated heterocycles. The fraction of sp³-hybridized carbons (Fsp3) is 0.314. The van der Waals surface area contributed by atoms with Crippen molar-refractivity contribution in [3.05, 3.63) is 95.3 Å². The molecule has 0 saturated carbocycles. The predicted molar refractivity (Wildman–Crippen MR) is 172 cm³/mol. The van der Waals surface area contributed by atoms with E-state index < -0.39 is 11.9 Å². The molecule has 0 atom stereocenters. The van der Waals surface area contributed by atoms with Crippen LogP contribution in [0.5, 0.6) is 0 Å². The Labute approximate surface area is 255 Å². The summed E-state index contributed by atoms with van der Waals surface area (Å²) in [6.45, 7) is 12.8. The predicted octanol–water partition coefficient (Wildman–Crippen LogP) is 2.73. The zero-order valence-electron chi connectivity index (χ0n) is 26.0. The van der Waals surface area contributed by atoms with Gasteiger partial charge >= 0.3 is 11.9 Å². The molecule has 0 aliphatic carbocycles. The fourth-order valence-electron chi connectivity index (χ4n) is 6.23. The van der Waals surface area contributed by atoms with Crippen LogP contribution in [0, 0.1) is 27.7 Å². The van der Waals surface area contributed by atoms with E-state index in [-0.39, 0.29) is 12.8 Å². The standard InChI is InChI=1S/C35H40N4O5/c1-7-22-18(2)28-16-31-25(12-13-44-6)21(5)27(37-31)14-26-19(3)23(8-10-34(40)41)32(38-26)17-33-24(9-11-35(42)43)20(4)29(39-33)15-30(22)36-28/h7,14-17,36-39H,1,8-13H2,2-6H3,(H,40,41)(H,42,43). The third-order valence-electron chi connectivity index (χ3n) is 8.81. The van der Waals surface area contributed by atoms with Crippen molar-refractivity contribution in [3.8, 4) is 0 Å². The molecule has 44 heavy (non-hydrogen) atoms. The molecule has 230 valence electrons. The number of aromatic nitrogens is 4. The quantitative estimate of drug-likeness (QED) is 0.147. The van der Waals surface area contributed by atoms with Gasteiger partial charge in [-0.25, -0.2) is 0 Å². The van der Waals surface area contributed by atoms with Crippen LogP contribution in [-0.2, 0) is 33.6 Å². The summed E-state index contributed by atoms with van der Waals surface area (Å²) in [4.78, 5) is 37.5. The molecule has 9 nitrogen and oxygen atoms in total. The first-order valence-electron chi connectivity index (χ1n) is 14.8. The highest BCUT2D eigenvalue weighted by Crippen LogP contribution is 2.23. The number of H-pyrrole nitrogens is 4. The van der Waals surface area contributed by atoms with Gasteiger partial charge in [-0.1, -0.05) is 12.7 Å². The van der Waals surface area contributed by atoms with Gasteiger partial charge in [0.15, 0.2) is 0 Å². The molecule has 8 bridgehead atoms. The van der Waals surface area contributed by atoms with Gasteiger partial charge in [-0.2, -0.15) is 0 Å². The van der Waals surface area contributed by atoms with E-state index in [0.29, 0.717) is 19.4 Å². The Hall–Kier alpha value is -4.76. The van der Waals surface area contributed by atoms with Crippen LogP contribution < -0.4 is 21.4 Å². The van der Waals surface area contributed by atoms with Gasteiger partial charge in [-0.15, -0.1) is 0 Å². The van der Waals surface area contributed by atoms with Crippen LogP contribution in [0.1, 0.15) is 80.1 Å². The maximum absolute atomic E-state index is 11.6. The number of fused-ring (bicyclic) bond motifs is 8. The van der Waals surface area contributed by atoms with E-state index in [0.717, 1.165) is 95.1 Å². The molecule has 0 amide bonds. The zero-order valence-corrected chi connectivity index (χ0v) is 26.0. The van der Waals surface area contributed by atoms with Crippen molar-refractivity contribution < 1.29 is 24.5 Å². The Balaban J connectivity index is 1.90. The summed E-state index contributed by atoms with van der Waals surface area (Å²) in [5.74, 6) is -1.73. The van der Waals surface area contributed by atoms with Crippen molar-refractivity contribution in [1.29, 1.82) is 0 Å². The van der Waals surface area contributed by atoms with E-state index in [4.69, 9.17) is 4.74 Å². The van der Waals surface area contributed by atoms with Crippen molar-refractivity contribution in [2.75, 3.05) is 13.7 Å². The van der Waals surface area contributed by atoms with Gasteiger partial charge in [0.2, 0.25) is 0 Å². The Bertz CT molecular complexity index is 2030.